The average Bonchev–Trinajstić information content (AvgIpc) is 2.90. The summed E-state index contributed by atoms with van der Waals surface area (Å²) in [5.41, 5.74) is 2.67. The number of hydrogen-bond acceptors (Lipinski definition) is 5. The van der Waals surface area contributed by atoms with Crippen LogP contribution in [0.5, 0.6) is 0 Å². The largest absolute Gasteiger partial charge is 0.367 e. The topological polar surface area (TPSA) is 55.6 Å². The molecule has 1 N–H and O–H groups in total. The Morgan fingerprint density at radius 2 is 2.44 bits per heavy atom. The fourth-order valence-electron chi connectivity index (χ4n) is 2.26. The SMILES string of the molecule is Cn1ncc2c1CCCC2Nc1cnns1. The van der Waals surface area contributed by atoms with Crippen molar-refractivity contribution in [3.8, 4) is 0 Å². The zero-order valence-corrected chi connectivity index (χ0v) is 9.87. The molecule has 1 atom stereocenters. The van der Waals surface area contributed by atoms with E-state index in [-0.39, 0.29) is 0 Å². The van der Waals surface area contributed by atoms with Crippen molar-refractivity contribution in [2.45, 2.75) is 25.3 Å². The third-order valence-electron chi connectivity index (χ3n) is 3.05. The van der Waals surface area contributed by atoms with Gasteiger partial charge in [-0.15, -0.1) is 5.10 Å². The first-order valence-electron chi connectivity index (χ1n) is 5.39. The molecule has 3 rings (SSSR count). The molecule has 0 aromatic carbocycles. The predicted octanol–water partition coefficient (Wildman–Crippen LogP) is 1.76. The van der Waals surface area contributed by atoms with Gasteiger partial charge in [0.2, 0.25) is 0 Å². The molecule has 84 valence electrons. The molecular weight excluding hydrogens is 222 g/mol. The van der Waals surface area contributed by atoms with Gasteiger partial charge in [0.05, 0.1) is 18.4 Å². The molecule has 0 spiro atoms. The van der Waals surface area contributed by atoms with Crippen molar-refractivity contribution in [3.05, 3.63) is 23.7 Å². The van der Waals surface area contributed by atoms with Crippen molar-refractivity contribution in [2.24, 2.45) is 7.05 Å². The van der Waals surface area contributed by atoms with Crippen molar-refractivity contribution in [2.75, 3.05) is 5.32 Å². The molecule has 2 aromatic heterocycles. The molecule has 1 unspecified atom stereocenters. The summed E-state index contributed by atoms with van der Waals surface area (Å²) >= 11 is 1.40. The highest BCUT2D eigenvalue weighted by molar-refractivity contribution is 7.09. The Labute approximate surface area is 97.7 Å². The summed E-state index contributed by atoms with van der Waals surface area (Å²) in [7, 11) is 2.01. The second-order valence-corrected chi connectivity index (χ2v) is 4.83. The van der Waals surface area contributed by atoms with E-state index in [9.17, 15) is 0 Å². The number of fused-ring (bicyclic) bond motifs is 1. The van der Waals surface area contributed by atoms with Crippen LogP contribution in [0, 0.1) is 0 Å². The van der Waals surface area contributed by atoms with E-state index in [1.54, 1.807) is 6.20 Å². The fourth-order valence-corrected chi connectivity index (χ4v) is 2.73. The minimum absolute atomic E-state index is 0.361. The van der Waals surface area contributed by atoms with Crippen LogP contribution < -0.4 is 5.32 Å². The molecule has 16 heavy (non-hydrogen) atoms. The van der Waals surface area contributed by atoms with Crippen molar-refractivity contribution in [1.29, 1.82) is 0 Å². The van der Waals surface area contributed by atoms with E-state index in [2.05, 4.69) is 20.0 Å². The van der Waals surface area contributed by atoms with Crippen LogP contribution in [0.15, 0.2) is 12.4 Å². The lowest BCUT2D eigenvalue weighted by Gasteiger charge is -2.23. The van der Waals surface area contributed by atoms with Crippen LogP contribution in [0.4, 0.5) is 5.00 Å². The number of rotatable bonds is 2. The van der Waals surface area contributed by atoms with E-state index in [1.165, 1.54) is 29.2 Å². The summed E-state index contributed by atoms with van der Waals surface area (Å²) in [5.74, 6) is 0. The highest BCUT2D eigenvalue weighted by Crippen LogP contribution is 2.32. The first-order valence-corrected chi connectivity index (χ1v) is 6.16. The Bertz CT molecular complexity index is 475. The van der Waals surface area contributed by atoms with Gasteiger partial charge in [-0.3, -0.25) is 4.68 Å². The van der Waals surface area contributed by atoms with Crippen LogP contribution in [0.25, 0.3) is 0 Å². The van der Waals surface area contributed by atoms with E-state index in [4.69, 9.17) is 0 Å². The van der Waals surface area contributed by atoms with Gasteiger partial charge in [0.15, 0.2) is 0 Å². The van der Waals surface area contributed by atoms with E-state index in [0.29, 0.717) is 6.04 Å². The number of nitrogens with one attached hydrogen (secondary N) is 1. The van der Waals surface area contributed by atoms with Crippen molar-refractivity contribution < 1.29 is 0 Å². The molecular formula is C10H13N5S. The molecule has 2 heterocycles. The molecule has 1 aliphatic carbocycles. The number of nitrogens with zero attached hydrogens (tertiary/aromatic N) is 4. The highest BCUT2D eigenvalue weighted by atomic mass is 32.1. The second-order valence-electron chi connectivity index (χ2n) is 4.04. The maximum atomic E-state index is 4.33. The van der Waals surface area contributed by atoms with E-state index in [0.717, 1.165) is 17.8 Å². The van der Waals surface area contributed by atoms with E-state index in [1.807, 2.05) is 17.9 Å². The van der Waals surface area contributed by atoms with Gasteiger partial charge >= 0.3 is 0 Å². The number of hydrogen-bond donors (Lipinski definition) is 1. The van der Waals surface area contributed by atoms with Gasteiger partial charge in [-0.1, -0.05) is 4.49 Å². The van der Waals surface area contributed by atoms with Crippen LogP contribution in [0.3, 0.4) is 0 Å². The molecule has 0 saturated carbocycles. The monoisotopic (exact) mass is 235 g/mol. The molecule has 1 aliphatic rings. The molecule has 0 amide bonds. The Balaban J connectivity index is 1.87. The number of aryl methyl sites for hydroxylation is 1. The lowest BCUT2D eigenvalue weighted by atomic mass is 9.93. The fraction of sp³-hybridized carbons (Fsp3) is 0.500. The molecule has 5 nitrogen and oxygen atoms in total. The first kappa shape index (κ1) is 9.77. The lowest BCUT2D eigenvalue weighted by Crippen LogP contribution is -2.17. The van der Waals surface area contributed by atoms with Gasteiger partial charge < -0.3 is 5.32 Å². The minimum atomic E-state index is 0.361. The van der Waals surface area contributed by atoms with Gasteiger partial charge in [-0.2, -0.15) is 5.10 Å². The molecule has 0 saturated heterocycles. The maximum Gasteiger partial charge on any atom is 0.130 e. The van der Waals surface area contributed by atoms with Gasteiger partial charge in [-0.05, 0) is 19.3 Å². The molecule has 0 aliphatic heterocycles. The van der Waals surface area contributed by atoms with Crippen molar-refractivity contribution >= 4 is 16.5 Å². The molecule has 0 fully saturated rings. The quantitative estimate of drug-likeness (QED) is 0.861. The number of aromatic nitrogens is 4. The van der Waals surface area contributed by atoms with Crippen molar-refractivity contribution in [1.82, 2.24) is 19.4 Å². The van der Waals surface area contributed by atoms with Crippen LogP contribution >= 0.6 is 11.5 Å². The second kappa shape index (κ2) is 3.86. The zero-order chi connectivity index (χ0) is 11.0. The maximum absolute atomic E-state index is 4.33. The molecule has 2 aromatic rings. The third-order valence-corrected chi connectivity index (χ3v) is 3.65. The summed E-state index contributed by atoms with van der Waals surface area (Å²) in [6.45, 7) is 0. The Kier molecular flexibility index (Phi) is 2.36. The highest BCUT2D eigenvalue weighted by Gasteiger charge is 2.23. The molecule has 6 heteroatoms. The Morgan fingerprint density at radius 3 is 3.25 bits per heavy atom. The van der Waals surface area contributed by atoms with Gasteiger partial charge in [0.25, 0.3) is 0 Å². The Morgan fingerprint density at radius 1 is 1.50 bits per heavy atom. The summed E-state index contributed by atoms with van der Waals surface area (Å²) < 4.78 is 5.84. The molecule has 0 radical (unpaired) electrons. The number of anilines is 1. The van der Waals surface area contributed by atoms with Crippen LogP contribution in [-0.4, -0.2) is 19.4 Å². The Hall–Kier alpha value is -1.43. The van der Waals surface area contributed by atoms with Crippen LogP contribution in [-0.2, 0) is 13.5 Å². The van der Waals surface area contributed by atoms with Crippen LogP contribution in [0.1, 0.15) is 30.1 Å². The summed E-state index contributed by atoms with van der Waals surface area (Å²) in [6, 6.07) is 0.361. The summed E-state index contributed by atoms with van der Waals surface area (Å²) in [5, 5.41) is 12.7. The minimum Gasteiger partial charge on any atom is -0.367 e. The predicted molar refractivity (Wildman–Crippen MR) is 62.4 cm³/mol. The average molecular weight is 235 g/mol. The summed E-state index contributed by atoms with van der Waals surface area (Å²) in [6.07, 6.45) is 7.23. The standard InChI is InChI=1S/C10H13N5S/c1-15-9-4-2-3-8(7(9)5-12-15)13-10-6-11-14-16-10/h5-6,8,13H,2-4H2,1H3. The van der Waals surface area contributed by atoms with Gasteiger partial charge in [0.1, 0.15) is 5.00 Å². The van der Waals surface area contributed by atoms with Gasteiger partial charge in [0, 0.05) is 29.8 Å². The van der Waals surface area contributed by atoms with Crippen LogP contribution in [0.2, 0.25) is 0 Å². The van der Waals surface area contributed by atoms with Gasteiger partial charge in [-0.25, -0.2) is 0 Å². The van der Waals surface area contributed by atoms with E-state index >= 15 is 0 Å². The smallest absolute Gasteiger partial charge is 0.130 e. The zero-order valence-electron chi connectivity index (χ0n) is 9.05. The lowest BCUT2D eigenvalue weighted by molar-refractivity contribution is 0.572. The molecule has 0 bridgehead atoms. The van der Waals surface area contributed by atoms with Crippen molar-refractivity contribution in [3.63, 3.8) is 0 Å². The first-order chi connectivity index (χ1) is 7.84. The normalized spacial score (nSPS) is 19.4. The van der Waals surface area contributed by atoms with E-state index < -0.39 is 0 Å². The third kappa shape index (κ3) is 1.59. The summed E-state index contributed by atoms with van der Waals surface area (Å²) in [4.78, 5) is 0.